The van der Waals surface area contributed by atoms with E-state index >= 15 is 0 Å². The molecule has 14 heavy (non-hydrogen) atoms. The van der Waals surface area contributed by atoms with Gasteiger partial charge in [-0.15, -0.1) is 0 Å². The van der Waals surface area contributed by atoms with Crippen LogP contribution in [0.15, 0.2) is 18.3 Å². The van der Waals surface area contributed by atoms with Gasteiger partial charge in [0.2, 0.25) is 0 Å². The Kier molecular flexibility index (Phi) is 2.54. The van der Waals surface area contributed by atoms with Crippen LogP contribution in [0, 0.1) is 0 Å². The van der Waals surface area contributed by atoms with Crippen LogP contribution in [0.5, 0.6) is 0 Å². The van der Waals surface area contributed by atoms with Crippen LogP contribution in [0.1, 0.15) is 12.8 Å². The van der Waals surface area contributed by atoms with E-state index < -0.39 is 0 Å². The first kappa shape index (κ1) is 9.27. The average molecular weight is 193 g/mol. The van der Waals surface area contributed by atoms with Gasteiger partial charge >= 0.3 is 0 Å². The highest BCUT2D eigenvalue weighted by Gasteiger charge is 2.24. The predicted molar refractivity (Wildman–Crippen MR) is 56.1 cm³/mol. The molecule has 4 nitrogen and oxygen atoms in total. The van der Waals surface area contributed by atoms with Crippen molar-refractivity contribution in [3.05, 3.63) is 18.3 Å². The van der Waals surface area contributed by atoms with Gasteiger partial charge in [0, 0.05) is 6.54 Å². The van der Waals surface area contributed by atoms with E-state index in [1.165, 1.54) is 0 Å². The Hall–Kier alpha value is -1.29. The van der Waals surface area contributed by atoms with Crippen molar-refractivity contribution in [1.82, 2.24) is 4.98 Å². The second kappa shape index (κ2) is 3.84. The molecule has 0 radical (unpaired) electrons. The summed E-state index contributed by atoms with van der Waals surface area (Å²) in [6, 6.07) is 3.98. The Bertz CT molecular complexity index is 299. The van der Waals surface area contributed by atoms with Crippen molar-refractivity contribution < 1.29 is 5.11 Å². The number of aliphatic hydroxyl groups excluding tert-OH is 1. The highest BCUT2D eigenvalue weighted by atomic mass is 16.3. The van der Waals surface area contributed by atoms with Crippen LogP contribution in [-0.4, -0.2) is 29.3 Å². The van der Waals surface area contributed by atoms with Gasteiger partial charge in [0.15, 0.2) is 0 Å². The molecule has 1 aromatic rings. The minimum Gasteiger partial charge on any atom is -0.397 e. The van der Waals surface area contributed by atoms with Crippen molar-refractivity contribution in [2.24, 2.45) is 0 Å². The van der Waals surface area contributed by atoms with E-state index in [0.29, 0.717) is 5.69 Å². The molecule has 2 heterocycles. The quantitative estimate of drug-likeness (QED) is 0.723. The predicted octanol–water partition coefficient (Wildman–Crippen LogP) is 0.625. The van der Waals surface area contributed by atoms with Gasteiger partial charge in [-0.1, -0.05) is 0 Å². The summed E-state index contributed by atoms with van der Waals surface area (Å²) in [5.74, 6) is 0.913. The summed E-state index contributed by atoms with van der Waals surface area (Å²) in [5.41, 5.74) is 6.24. The summed E-state index contributed by atoms with van der Waals surface area (Å²) < 4.78 is 0. The Morgan fingerprint density at radius 2 is 2.43 bits per heavy atom. The molecule has 1 atom stereocenters. The number of hydrogen-bond donors (Lipinski definition) is 2. The first-order valence-electron chi connectivity index (χ1n) is 4.90. The van der Waals surface area contributed by atoms with Crippen molar-refractivity contribution in [2.75, 3.05) is 23.8 Å². The highest BCUT2D eigenvalue weighted by molar-refractivity contribution is 5.47. The lowest BCUT2D eigenvalue weighted by Gasteiger charge is -2.23. The van der Waals surface area contributed by atoms with Crippen LogP contribution >= 0.6 is 0 Å². The topological polar surface area (TPSA) is 62.4 Å². The number of pyridine rings is 1. The van der Waals surface area contributed by atoms with Crippen molar-refractivity contribution in [1.29, 1.82) is 0 Å². The van der Waals surface area contributed by atoms with Crippen molar-refractivity contribution in [2.45, 2.75) is 18.9 Å². The van der Waals surface area contributed by atoms with E-state index in [-0.39, 0.29) is 12.6 Å². The molecule has 2 rings (SSSR count). The van der Waals surface area contributed by atoms with E-state index in [1.807, 2.05) is 12.1 Å². The van der Waals surface area contributed by atoms with Crippen LogP contribution < -0.4 is 10.6 Å². The van der Waals surface area contributed by atoms with Crippen molar-refractivity contribution >= 4 is 11.5 Å². The smallest absolute Gasteiger partial charge is 0.128 e. The Labute approximate surface area is 83.4 Å². The number of nitrogen functional groups attached to an aromatic ring is 1. The summed E-state index contributed by atoms with van der Waals surface area (Å²) in [7, 11) is 0. The largest absolute Gasteiger partial charge is 0.397 e. The lowest BCUT2D eigenvalue weighted by atomic mass is 10.2. The molecule has 0 amide bonds. The molecule has 1 unspecified atom stereocenters. The molecule has 3 N–H and O–H groups in total. The standard InChI is InChI=1S/C10H15N3O/c11-8-3-4-10(12-6-8)13-5-1-2-9(13)7-14/h3-4,6,9,14H,1-2,5,7,11H2. The normalized spacial score (nSPS) is 21.5. The average Bonchev–Trinajstić information content (AvgIpc) is 2.67. The van der Waals surface area contributed by atoms with E-state index in [4.69, 9.17) is 10.8 Å². The first-order valence-corrected chi connectivity index (χ1v) is 4.90. The second-order valence-corrected chi connectivity index (χ2v) is 3.62. The molecular formula is C10H15N3O. The lowest BCUT2D eigenvalue weighted by Crippen LogP contribution is -2.32. The third-order valence-corrected chi connectivity index (χ3v) is 2.65. The third-order valence-electron chi connectivity index (χ3n) is 2.65. The second-order valence-electron chi connectivity index (χ2n) is 3.62. The highest BCUT2D eigenvalue weighted by Crippen LogP contribution is 2.23. The fourth-order valence-corrected chi connectivity index (χ4v) is 1.89. The minimum atomic E-state index is 0.200. The Balaban J connectivity index is 2.17. The fourth-order valence-electron chi connectivity index (χ4n) is 1.89. The fraction of sp³-hybridized carbons (Fsp3) is 0.500. The zero-order valence-corrected chi connectivity index (χ0v) is 8.06. The van der Waals surface area contributed by atoms with Crippen LogP contribution in [0.25, 0.3) is 0 Å². The molecule has 1 aliphatic heterocycles. The van der Waals surface area contributed by atoms with Crippen molar-refractivity contribution in [3.8, 4) is 0 Å². The van der Waals surface area contributed by atoms with Gasteiger partial charge in [0.25, 0.3) is 0 Å². The maximum absolute atomic E-state index is 9.16. The van der Waals surface area contributed by atoms with Gasteiger partial charge in [-0.25, -0.2) is 4.98 Å². The maximum atomic E-state index is 9.16. The maximum Gasteiger partial charge on any atom is 0.128 e. The molecule has 1 saturated heterocycles. The molecule has 0 saturated carbocycles. The Morgan fingerprint density at radius 3 is 3.07 bits per heavy atom. The summed E-state index contributed by atoms with van der Waals surface area (Å²) in [5, 5.41) is 9.16. The summed E-state index contributed by atoms with van der Waals surface area (Å²) in [6.07, 6.45) is 3.82. The number of rotatable bonds is 2. The minimum absolute atomic E-state index is 0.200. The molecule has 0 aromatic carbocycles. The molecule has 1 aromatic heterocycles. The zero-order valence-electron chi connectivity index (χ0n) is 8.06. The van der Waals surface area contributed by atoms with Gasteiger partial charge in [-0.2, -0.15) is 0 Å². The van der Waals surface area contributed by atoms with Gasteiger partial charge in [-0.3, -0.25) is 0 Å². The number of nitrogens with zero attached hydrogens (tertiary/aromatic N) is 2. The number of aliphatic hydroxyl groups is 1. The molecular weight excluding hydrogens is 178 g/mol. The number of aromatic nitrogens is 1. The van der Waals surface area contributed by atoms with Crippen LogP contribution in [0.3, 0.4) is 0 Å². The first-order chi connectivity index (χ1) is 6.81. The van der Waals surface area contributed by atoms with Gasteiger partial charge in [-0.05, 0) is 25.0 Å². The van der Waals surface area contributed by atoms with Crippen LogP contribution in [0.4, 0.5) is 11.5 Å². The molecule has 1 aliphatic rings. The van der Waals surface area contributed by atoms with Gasteiger partial charge < -0.3 is 15.7 Å². The molecule has 0 spiro atoms. The summed E-state index contributed by atoms with van der Waals surface area (Å²) in [4.78, 5) is 6.39. The van der Waals surface area contributed by atoms with Crippen molar-refractivity contribution in [3.63, 3.8) is 0 Å². The van der Waals surface area contributed by atoms with E-state index in [1.54, 1.807) is 6.20 Å². The monoisotopic (exact) mass is 193 g/mol. The Morgan fingerprint density at radius 1 is 1.57 bits per heavy atom. The van der Waals surface area contributed by atoms with Crippen LogP contribution in [-0.2, 0) is 0 Å². The number of nitrogens with two attached hydrogens (primary N) is 1. The molecule has 76 valence electrons. The van der Waals surface area contributed by atoms with Gasteiger partial charge in [0.05, 0.1) is 24.5 Å². The van der Waals surface area contributed by atoms with Gasteiger partial charge in [0.1, 0.15) is 5.82 Å². The molecule has 0 aliphatic carbocycles. The van der Waals surface area contributed by atoms with E-state index in [9.17, 15) is 0 Å². The van der Waals surface area contributed by atoms with E-state index in [0.717, 1.165) is 25.2 Å². The number of anilines is 2. The molecule has 1 fully saturated rings. The molecule has 0 bridgehead atoms. The SMILES string of the molecule is Nc1ccc(N2CCCC2CO)nc1. The lowest BCUT2D eigenvalue weighted by molar-refractivity contribution is 0.266. The molecule has 4 heteroatoms. The third kappa shape index (κ3) is 1.65. The summed E-state index contributed by atoms with van der Waals surface area (Å²) >= 11 is 0. The van der Waals surface area contributed by atoms with Crippen LogP contribution in [0.2, 0.25) is 0 Å². The summed E-state index contributed by atoms with van der Waals surface area (Å²) in [6.45, 7) is 1.17. The zero-order chi connectivity index (χ0) is 9.97. The van der Waals surface area contributed by atoms with E-state index in [2.05, 4.69) is 9.88 Å². The number of hydrogen-bond acceptors (Lipinski definition) is 4.